The van der Waals surface area contributed by atoms with E-state index in [1.807, 2.05) is 43.3 Å². The van der Waals surface area contributed by atoms with Crippen molar-refractivity contribution in [3.8, 4) is 11.5 Å². The fraction of sp³-hybridized carbons (Fsp3) is 0.0952. The maximum atomic E-state index is 12.2. The SMILES string of the molecule is Cc1ccc(Oc2ccc(C(=O)NCc3ccc(Cl)cc3)cc2)cc1. The van der Waals surface area contributed by atoms with Gasteiger partial charge < -0.3 is 10.1 Å². The Morgan fingerprint density at radius 3 is 2.04 bits per heavy atom. The Bertz CT molecular complexity index is 841. The van der Waals surface area contributed by atoms with Gasteiger partial charge in [0.25, 0.3) is 5.91 Å². The number of hydrogen-bond donors (Lipinski definition) is 1. The van der Waals surface area contributed by atoms with E-state index in [4.69, 9.17) is 16.3 Å². The molecule has 1 N–H and O–H groups in total. The van der Waals surface area contributed by atoms with E-state index in [1.165, 1.54) is 5.56 Å². The molecule has 0 radical (unpaired) electrons. The lowest BCUT2D eigenvalue weighted by atomic mass is 10.2. The van der Waals surface area contributed by atoms with Crippen molar-refractivity contribution in [2.45, 2.75) is 13.5 Å². The number of carbonyl (C=O) groups excluding carboxylic acids is 1. The van der Waals surface area contributed by atoms with Crippen LogP contribution in [0.15, 0.2) is 72.8 Å². The molecule has 0 unspecified atom stereocenters. The molecule has 0 bridgehead atoms. The Labute approximate surface area is 152 Å². The zero-order valence-electron chi connectivity index (χ0n) is 13.8. The minimum Gasteiger partial charge on any atom is -0.457 e. The Hall–Kier alpha value is -2.78. The molecule has 1 amide bonds. The molecule has 0 atom stereocenters. The van der Waals surface area contributed by atoms with Gasteiger partial charge in [-0.2, -0.15) is 0 Å². The van der Waals surface area contributed by atoms with Crippen molar-refractivity contribution in [2.24, 2.45) is 0 Å². The topological polar surface area (TPSA) is 38.3 Å². The molecule has 0 saturated carbocycles. The predicted octanol–water partition coefficient (Wildman–Crippen LogP) is 5.37. The number of amides is 1. The third-order valence-electron chi connectivity index (χ3n) is 3.74. The summed E-state index contributed by atoms with van der Waals surface area (Å²) in [5, 5.41) is 3.57. The minimum absolute atomic E-state index is 0.128. The average Bonchev–Trinajstić information content (AvgIpc) is 2.63. The zero-order valence-corrected chi connectivity index (χ0v) is 14.6. The summed E-state index contributed by atoms with van der Waals surface area (Å²) in [6.45, 7) is 2.48. The van der Waals surface area contributed by atoms with E-state index in [0.717, 1.165) is 11.3 Å². The second kappa shape index (κ2) is 7.86. The first-order chi connectivity index (χ1) is 12.1. The molecule has 0 aromatic heterocycles. The number of nitrogens with one attached hydrogen (secondary N) is 1. The van der Waals surface area contributed by atoms with Crippen molar-refractivity contribution >= 4 is 17.5 Å². The Morgan fingerprint density at radius 2 is 1.44 bits per heavy atom. The molecule has 25 heavy (non-hydrogen) atoms. The highest BCUT2D eigenvalue weighted by Gasteiger charge is 2.06. The summed E-state index contributed by atoms with van der Waals surface area (Å²) in [4.78, 5) is 12.2. The van der Waals surface area contributed by atoms with Gasteiger partial charge in [-0.3, -0.25) is 4.79 Å². The van der Waals surface area contributed by atoms with E-state index in [0.29, 0.717) is 22.9 Å². The molecule has 3 nitrogen and oxygen atoms in total. The zero-order chi connectivity index (χ0) is 17.6. The van der Waals surface area contributed by atoms with Crippen LogP contribution in [0.3, 0.4) is 0 Å². The molecule has 0 aliphatic rings. The van der Waals surface area contributed by atoms with Gasteiger partial charge in [-0.05, 0) is 61.0 Å². The molecule has 4 heteroatoms. The first-order valence-electron chi connectivity index (χ1n) is 7.97. The standard InChI is InChI=1S/C21H18ClNO2/c1-15-2-10-19(11-3-15)25-20-12-6-17(7-13-20)21(24)23-14-16-4-8-18(22)9-5-16/h2-13H,14H2,1H3,(H,23,24). The van der Waals surface area contributed by atoms with Crippen molar-refractivity contribution in [1.29, 1.82) is 0 Å². The molecular weight excluding hydrogens is 334 g/mol. The summed E-state index contributed by atoms with van der Waals surface area (Å²) in [7, 11) is 0. The summed E-state index contributed by atoms with van der Waals surface area (Å²) in [5.74, 6) is 1.33. The molecule has 0 saturated heterocycles. The van der Waals surface area contributed by atoms with E-state index in [1.54, 1.807) is 36.4 Å². The quantitative estimate of drug-likeness (QED) is 0.671. The molecule has 3 aromatic rings. The molecule has 3 rings (SSSR count). The number of ether oxygens (including phenoxy) is 1. The monoisotopic (exact) mass is 351 g/mol. The maximum absolute atomic E-state index is 12.2. The maximum Gasteiger partial charge on any atom is 0.251 e. The second-order valence-electron chi connectivity index (χ2n) is 5.75. The van der Waals surface area contributed by atoms with Gasteiger partial charge in [0.2, 0.25) is 0 Å². The van der Waals surface area contributed by atoms with E-state index < -0.39 is 0 Å². The number of hydrogen-bond acceptors (Lipinski definition) is 2. The summed E-state index contributed by atoms with van der Waals surface area (Å²) in [6, 6.07) is 22.3. The van der Waals surface area contributed by atoms with Crippen LogP contribution < -0.4 is 10.1 Å². The Morgan fingerprint density at radius 1 is 0.880 bits per heavy atom. The number of carbonyl (C=O) groups is 1. The third kappa shape index (κ3) is 4.85. The van der Waals surface area contributed by atoms with Crippen LogP contribution in [0.4, 0.5) is 0 Å². The van der Waals surface area contributed by atoms with Crippen LogP contribution in [-0.4, -0.2) is 5.91 Å². The van der Waals surface area contributed by atoms with Gasteiger partial charge in [-0.25, -0.2) is 0 Å². The Kier molecular flexibility index (Phi) is 5.36. The molecule has 0 fully saturated rings. The molecule has 3 aromatic carbocycles. The molecule has 0 aliphatic carbocycles. The average molecular weight is 352 g/mol. The predicted molar refractivity (Wildman–Crippen MR) is 100 cm³/mol. The lowest BCUT2D eigenvalue weighted by molar-refractivity contribution is 0.0951. The Balaban J connectivity index is 1.58. The van der Waals surface area contributed by atoms with Crippen molar-refractivity contribution in [2.75, 3.05) is 0 Å². The van der Waals surface area contributed by atoms with Crippen LogP contribution >= 0.6 is 11.6 Å². The summed E-state index contributed by atoms with van der Waals surface area (Å²) in [5.41, 5.74) is 2.77. The highest BCUT2D eigenvalue weighted by atomic mass is 35.5. The van der Waals surface area contributed by atoms with Gasteiger partial charge in [-0.1, -0.05) is 41.4 Å². The molecule has 0 spiro atoms. The first kappa shape index (κ1) is 17.1. The van der Waals surface area contributed by atoms with E-state index >= 15 is 0 Å². The van der Waals surface area contributed by atoms with Crippen LogP contribution in [0, 0.1) is 6.92 Å². The van der Waals surface area contributed by atoms with Crippen molar-refractivity contribution in [3.63, 3.8) is 0 Å². The minimum atomic E-state index is -0.128. The number of halogens is 1. The van der Waals surface area contributed by atoms with Gasteiger partial charge in [0, 0.05) is 17.1 Å². The van der Waals surface area contributed by atoms with Crippen LogP contribution in [-0.2, 0) is 6.54 Å². The number of rotatable bonds is 5. The fourth-order valence-corrected chi connectivity index (χ4v) is 2.43. The summed E-state index contributed by atoms with van der Waals surface area (Å²) in [6.07, 6.45) is 0. The summed E-state index contributed by atoms with van der Waals surface area (Å²) < 4.78 is 5.76. The highest BCUT2D eigenvalue weighted by molar-refractivity contribution is 6.30. The van der Waals surface area contributed by atoms with E-state index in [-0.39, 0.29) is 5.91 Å². The van der Waals surface area contributed by atoms with E-state index in [2.05, 4.69) is 5.32 Å². The third-order valence-corrected chi connectivity index (χ3v) is 3.99. The highest BCUT2D eigenvalue weighted by Crippen LogP contribution is 2.22. The van der Waals surface area contributed by atoms with Crippen molar-refractivity contribution in [3.05, 3.63) is 94.5 Å². The molecule has 0 aliphatic heterocycles. The fourth-order valence-electron chi connectivity index (χ4n) is 2.30. The van der Waals surface area contributed by atoms with Crippen LogP contribution in [0.5, 0.6) is 11.5 Å². The lowest BCUT2D eigenvalue weighted by Gasteiger charge is -2.08. The van der Waals surface area contributed by atoms with Crippen molar-refractivity contribution < 1.29 is 9.53 Å². The molecule has 126 valence electrons. The van der Waals surface area contributed by atoms with Gasteiger partial charge in [0.1, 0.15) is 11.5 Å². The molecular formula is C21H18ClNO2. The van der Waals surface area contributed by atoms with Crippen molar-refractivity contribution in [1.82, 2.24) is 5.32 Å². The smallest absolute Gasteiger partial charge is 0.251 e. The van der Waals surface area contributed by atoms with E-state index in [9.17, 15) is 4.79 Å². The van der Waals surface area contributed by atoms with Gasteiger partial charge in [0.15, 0.2) is 0 Å². The van der Waals surface area contributed by atoms with Gasteiger partial charge in [-0.15, -0.1) is 0 Å². The largest absolute Gasteiger partial charge is 0.457 e. The van der Waals surface area contributed by atoms with Crippen LogP contribution in [0.25, 0.3) is 0 Å². The van der Waals surface area contributed by atoms with Crippen LogP contribution in [0.2, 0.25) is 5.02 Å². The number of benzene rings is 3. The molecule has 0 heterocycles. The van der Waals surface area contributed by atoms with Crippen LogP contribution in [0.1, 0.15) is 21.5 Å². The van der Waals surface area contributed by atoms with Gasteiger partial charge in [0.05, 0.1) is 0 Å². The normalized spacial score (nSPS) is 10.3. The first-order valence-corrected chi connectivity index (χ1v) is 8.35. The summed E-state index contributed by atoms with van der Waals surface area (Å²) >= 11 is 5.85. The van der Waals surface area contributed by atoms with Gasteiger partial charge >= 0.3 is 0 Å². The number of aryl methyl sites for hydroxylation is 1. The second-order valence-corrected chi connectivity index (χ2v) is 6.19. The lowest BCUT2D eigenvalue weighted by Crippen LogP contribution is -2.22.